The van der Waals surface area contributed by atoms with Gasteiger partial charge in [0.15, 0.2) is 0 Å². The molecule has 8 heteroatoms. The van der Waals surface area contributed by atoms with Crippen LogP contribution in [-0.2, 0) is 19.2 Å². The molecule has 0 heterocycles. The van der Waals surface area contributed by atoms with E-state index in [2.05, 4.69) is 0 Å². The third-order valence-electron chi connectivity index (χ3n) is 5.30. The Bertz CT molecular complexity index is 596. The van der Waals surface area contributed by atoms with E-state index in [1.807, 2.05) is 0 Å². The van der Waals surface area contributed by atoms with Gasteiger partial charge in [-0.05, 0) is 60.3 Å². The van der Waals surface area contributed by atoms with Crippen molar-refractivity contribution in [3.05, 3.63) is 0 Å². The van der Waals surface area contributed by atoms with Crippen molar-refractivity contribution >= 4 is 23.9 Å². The molecule has 0 aromatic carbocycles. The van der Waals surface area contributed by atoms with Crippen molar-refractivity contribution in [2.45, 2.75) is 67.2 Å². The van der Waals surface area contributed by atoms with Gasteiger partial charge in [-0.2, -0.15) is 0 Å². The van der Waals surface area contributed by atoms with Crippen molar-refractivity contribution in [2.24, 2.45) is 21.7 Å². The molecule has 0 radical (unpaired) electrons. The molecular weight excluding hydrogens is 344 g/mol. The Morgan fingerprint density at radius 1 is 0.577 bits per heavy atom. The lowest BCUT2D eigenvalue weighted by molar-refractivity contribution is -0.164. The van der Waals surface area contributed by atoms with Gasteiger partial charge in [-0.3, -0.25) is 19.2 Å². The summed E-state index contributed by atoms with van der Waals surface area (Å²) in [6, 6.07) is 0. The van der Waals surface area contributed by atoms with Crippen LogP contribution in [-0.4, -0.2) is 44.3 Å². The quantitative estimate of drug-likeness (QED) is 0.431. The van der Waals surface area contributed by atoms with Gasteiger partial charge in [0.2, 0.25) is 0 Å². The first kappa shape index (κ1) is 23.9. The summed E-state index contributed by atoms with van der Waals surface area (Å²) in [5.74, 6) is -4.96. The second-order valence-corrected chi connectivity index (χ2v) is 8.67. The summed E-state index contributed by atoms with van der Waals surface area (Å²) in [4.78, 5) is 46.8. The first-order valence-corrected chi connectivity index (χ1v) is 8.39. The molecule has 3 unspecified atom stereocenters. The van der Waals surface area contributed by atoms with Crippen LogP contribution in [0.25, 0.3) is 0 Å². The van der Waals surface area contributed by atoms with E-state index in [1.54, 1.807) is 6.92 Å². The van der Waals surface area contributed by atoms with Gasteiger partial charge >= 0.3 is 23.9 Å². The zero-order chi connectivity index (χ0) is 21.1. The van der Waals surface area contributed by atoms with Gasteiger partial charge in [0, 0.05) is 0 Å². The third-order valence-corrected chi connectivity index (χ3v) is 5.30. The zero-order valence-corrected chi connectivity index (χ0v) is 16.3. The average molecular weight is 374 g/mol. The molecule has 0 aliphatic rings. The van der Waals surface area contributed by atoms with Crippen LogP contribution in [0.3, 0.4) is 0 Å². The smallest absolute Gasteiger partial charge is 0.309 e. The van der Waals surface area contributed by atoms with Crippen molar-refractivity contribution in [3.63, 3.8) is 0 Å². The van der Waals surface area contributed by atoms with E-state index < -0.39 is 45.5 Å². The number of hydrogen-bond donors (Lipinski definition) is 4. The lowest BCUT2D eigenvalue weighted by Crippen LogP contribution is -2.45. The second-order valence-electron chi connectivity index (χ2n) is 8.67. The molecule has 0 saturated heterocycles. The predicted molar refractivity (Wildman–Crippen MR) is 92.8 cm³/mol. The fourth-order valence-electron chi connectivity index (χ4n) is 3.55. The summed E-state index contributed by atoms with van der Waals surface area (Å²) in [5, 5.41) is 38.2. The Kier molecular flexibility index (Phi) is 7.01. The minimum atomic E-state index is -1.65. The maximum absolute atomic E-state index is 11.9. The monoisotopic (exact) mass is 374 g/mol. The molecule has 0 aliphatic heterocycles. The molecule has 8 nitrogen and oxygen atoms in total. The van der Waals surface area contributed by atoms with E-state index in [1.165, 1.54) is 34.6 Å². The van der Waals surface area contributed by atoms with Crippen LogP contribution >= 0.6 is 0 Å². The van der Waals surface area contributed by atoms with E-state index in [0.717, 1.165) is 0 Å². The molecule has 0 amide bonds. The van der Waals surface area contributed by atoms with Gasteiger partial charge in [-0.15, -0.1) is 0 Å². The molecule has 0 spiro atoms. The molecule has 0 aromatic rings. The molecule has 0 fully saturated rings. The van der Waals surface area contributed by atoms with Crippen molar-refractivity contribution in [3.8, 4) is 0 Å². The Labute approximate surface area is 153 Å². The third kappa shape index (κ3) is 5.19. The highest BCUT2D eigenvalue weighted by Crippen LogP contribution is 2.48. The normalized spacial score (nSPS) is 18.8. The molecule has 0 bridgehead atoms. The molecule has 150 valence electrons. The largest absolute Gasteiger partial charge is 0.481 e. The molecule has 26 heavy (non-hydrogen) atoms. The Hall–Kier alpha value is -2.12. The van der Waals surface area contributed by atoms with Crippen molar-refractivity contribution in [1.82, 2.24) is 0 Å². The van der Waals surface area contributed by atoms with Gasteiger partial charge in [0.1, 0.15) is 0 Å². The van der Waals surface area contributed by atoms with E-state index in [-0.39, 0.29) is 25.7 Å². The van der Waals surface area contributed by atoms with Gasteiger partial charge in [-0.25, -0.2) is 0 Å². The Morgan fingerprint density at radius 2 is 0.885 bits per heavy atom. The van der Waals surface area contributed by atoms with Crippen LogP contribution in [0.4, 0.5) is 0 Å². The molecular formula is C18H30O8. The van der Waals surface area contributed by atoms with Gasteiger partial charge in [0.05, 0.1) is 21.7 Å². The van der Waals surface area contributed by atoms with Crippen LogP contribution in [0.1, 0.15) is 67.2 Å². The summed E-state index contributed by atoms with van der Waals surface area (Å²) in [7, 11) is 0. The van der Waals surface area contributed by atoms with Gasteiger partial charge < -0.3 is 20.4 Å². The van der Waals surface area contributed by atoms with Crippen LogP contribution in [0, 0.1) is 21.7 Å². The fourth-order valence-corrected chi connectivity index (χ4v) is 3.55. The van der Waals surface area contributed by atoms with E-state index >= 15 is 0 Å². The minimum absolute atomic E-state index is 0.176. The lowest BCUT2D eigenvalue weighted by Gasteiger charge is -2.40. The summed E-state index contributed by atoms with van der Waals surface area (Å²) in [6.45, 7) is 8.44. The summed E-state index contributed by atoms with van der Waals surface area (Å²) < 4.78 is 0. The number of aliphatic carboxylic acids is 4. The number of carbonyl (C=O) groups is 4. The fraction of sp³-hybridized carbons (Fsp3) is 0.778. The molecule has 0 rings (SSSR count). The second kappa shape index (κ2) is 7.63. The molecule has 3 atom stereocenters. The van der Waals surface area contributed by atoms with Crippen LogP contribution in [0.2, 0.25) is 0 Å². The van der Waals surface area contributed by atoms with Crippen LogP contribution in [0.15, 0.2) is 0 Å². The van der Waals surface area contributed by atoms with Crippen molar-refractivity contribution in [2.75, 3.05) is 0 Å². The summed E-state index contributed by atoms with van der Waals surface area (Å²) in [5.41, 5.74) is -6.02. The minimum Gasteiger partial charge on any atom is -0.481 e. The van der Waals surface area contributed by atoms with E-state index in [4.69, 9.17) is 0 Å². The van der Waals surface area contributed by atoms with Gasteiger partial charge in [0.25, 0.3) is 0 Å². The zero-order valence-electron chi connectivity index (χ0n) is 16.3. The Balaban J connectivity index is 6.01. The maximum Gasteiger partial charge on any atom is 0.309 e. The van der Waals surface area contributed by atoms with Gasteiger partial charge in [-0.1, -0.05) is 6.92 Å². The highest BCUT2D eigenvalue weighted by Gasteiger charge is 2.52. The molecule has 0 aliphatic carbocycles. The summed E-state index contributed by atoms with van der Waals surface area (Å²) >= 11 is 0. The number of rotatable bonds is 11. The number of carboxylic acids is 4. The Morgan fingerprint density at radius 3 is 1.15 bits per heavy atom. The molecule has 0 saturated carbocycles. The van der Waals surface area contributed by atoms with E-state index in [9.17, 15) is 39.6 Å². The van der Waals surface area contributed by atoms with Crippen molar-refractivity contribution < 1.29 is 39.6 Å². The highest BCUT2D eigenvalue weighted by molar-refractivity contribution is 5.81. The number of carboxylic acid groups (broad SMARTS) is 4. The summed E-state index contributed by atoms with van der Waals surface area (Å²) in [6.07, 6.45) is -0.763. The topological polar surface area (TPSA) is 149 Å². The standard InChI is InChI=1S/C18H30O8/c1-7-16(4,12(21)22)9-18(6,14(25)26)10-17(5,13(23)24)8-15(2,3)11(19)20/h7-10H2,1-6H3,(H,19,20)(H,21,22)(H,23,24)(H,25,26). The van der Waals surface area contributed by atoms with Crippen molar-refractivity contribution in [1.29, 1.82) is 0 Å². The number of hydrogen-bond acceptors (Lipinski definition) is 4. The first-order chi connectivity index (χ1) is 11.5. The lowest BCUT2D eigenvalue weighted by atomic mass is 9.61. The van der Waals surface area contributed by atoms with Crippen LogP contribution in [0.5, 0.6) is 0 Å². The van der Waals surface area contributed by atoms with Crippen LogP contribution < -0.4 is 0 Å². The predicted octanol–water partition coefficient (Wildman–Crippen LogP) is 2.95. The maximum atomic E-state index is 11.9. The molecule has 0 aromatic heterocycles. The average Bonchev–Trinajstić information content (AvgIpc) is 2.45. The first-order valence-electron chi connectivity index (χ1n) is 8.39. The SMILES string of the molecule is CCC(C)(CC(C)(CC(C)(CC(C)(C)C(=O)O)C(=O)O)C(=O)O)C(=O)O. The highest BCUT2D eigenvalue weighted by atomic mass is 16.4. The molecule has 4 N–H and O–H groups in total. The van der Waals surface area contributed by atoms with E-state index in [0.29, 0.717) is 0 Å².